The zero-order valence-electron chi connectivity index (χ0n) is 14.1. The Morgan fingerprint density at radius 2 is 1.92 bits per heavy atom. The molecule has 26 heavy (non-hydrogen) atoms. The zero-order valence-corrected chi connectivity index (χ0v) is 14.9. The minimum Gasteiger partial charge on any atom is -0.477 e. The average molecular weight is 364 g/mol. The minimum absolute atomic E-state index is 0.0591. The summed E-state index contributed by atoms with van der Waals surface area (Å²) in [5.74, 6) is -1.02. The van der Waals surface area contributed by atoms with Crippen molar-refractivity contribution in [1.29, 1.82) is 0 Å². The van der Waals surface area contributed by atoms with Crippen LogP contribution in [-0.2, 0) is 6.42 Å². The molecule has 1 N–H and O–H groups in total. The first kappa shape index (κ1) is 16.5. The maximum absolute atomic E-state index is 11.2. The van der Waals surface area contributed by atoms with Crippen molar-refractivity contribution in [3.63, 3.8) is 0 Å². The molecular formula is C21H16ClN2O2+. The summed E-state index contributed by atoms with van der Waals surface area (Å²) in [6, 6.07) is 17.2. The molecule has 0 amide bonds. The van der Waals surface area contributed by atoms with Crippen molar-refractivity contribution < 1.29 is 14.1 Å². The van der Waals surface area contributed by atoms with Gasteiger partial charge >= 0.3 is 5.97 Å². The lowest BCUT2D eigenvalue weighted by atomic mass is 9.93. The van der Waals surface area contributed by atoms with Crippen molar-refractivity contribution in [2.24, 2.45) is 0 Å². The predicted octanol–water partition coefficient (Wildman–Crippen LogP) is 2.86. The number of aryl methyl sites for hydroxylation is 1. The molecule has 0 saturated carbocycles. The normalized spacial score (nSPS) is 12.5. The first-order valence-corrected chi connectivity index (χ1v) is 8.63. The van der Waals surface area contributed by atoms with Gasteiger partial charge in [-0.2, -0.15) is 4.24 Å². The van der Waals surface area contributed by atoms with Crippen LogP contribution in [0.5, 0.6) is 0 Å². The summed E-state index contributed by atoms with van der Waals surface area (Å²) >= 11 is 6.32. The molecule has 0 spiro atoms. The quantitative estimate of drug-likeness (QED) is 0.725. The highest BCUT2D eigenvalue weighted by Gasteiger charge is 2.31. The third kappa shape index (κ3) is 2.78. The third-order valence-electron chi connectivity index (χ3n) is 4.50. The molecule has 128 valence electrons. The number of benzene rings is 1. The van der Waals surface area contributed by atoms with Gasteiger partial charge in [0.1, 0.15) is 16.3 Å². The Hall–Kier alpha value is -2.98. The van der Waals surface area contributed by atoms with E-state index >= 15 is 0 Å². The summed E-state index contributed by atoms with van der Waals surface area (Å²) in [6.45, 7) is 1.98. The molecule has 0 bridgehead atoms. The van der Waals surface area contributed by atoms with Crippen molar-refractivity contribution in [2.75, 3.05) is 0 Å². The average Bonchev–Trinajstić information content (AvgIpc) is 2.65. The van der Waals surface area contributed by atoms with Crippen molar-refractivity contribution >= 4 is 23.1 Å². The fraction of sp³-hybridized carbons (Fsp3) is 0.0952. The number of nitrogens with zero attached hydrogens (tertiary/aromatic N) is 2. The summed E-state index contributed by atoms with van der Waals surface area (Å²) in [6.07, 6.45) is 2.49. The summed E-state index contributed by atoms with van der Waals surface area (Å²) in [7, 11) is 0. The van der Waals surface area contributed by atoms with E-state index < -0.39 is 5.97 Å². The number of carboxylic acid groups (broad SMARTS) is 1. The molecule has 4 rings (SSSR count). The number of fused-ring (bicyclic) bond motifs is 1. The zero-order chi connectivity index (χ0) is 18.3. The molecule has 0 radical (unpaired) electrons. The Morgan fingerprint density at radius 3 is 2.65 bits per heavy atom. The van der Waals surface area contributed by atoms with Crippen LogP contribution in [-0.4, -0.2) is 16.1 Å². The molecule has 0 atom stereocenters. The van der Waals surface area contributed by atoms with E-state index in [-0.39, 0.29) is 5.69 Å². The Morgan fingerprint density at radius 1 is 1.15 bits per heavy atom. The molecule has 4 nitrogen and oxygen atoms in total. The first-order chi connectivity index (χ1) is 12.5. The van der Waals surface area contributed by atoms with Crippen molar-refractivity contribution in [3.8, 4) is 0 Å². The number of carbonyl (C=O) groups is 1. The van der Waals surface area contributed by atoms with Crippen LogP contribution < -0.4 is 9.59 Å². The lowest BCUT2D eigenvalue weighted by molar-refractivity contribution is -0.545. The van der Waals surface area contributed by atoms with Crippen molar-refractivity contribution in [3.05, 3.63) is 99.4 Å². The monoisotopic (exact) mass is 363 g/mol. The van der Waals surface area contributed by atoms with E-state index in [9.17, 15) is 9.90 Å². The van der Waals surface area contributed by atoms with Crippen LogP contribution in [0.1, 0.15) is 27.3 Å². The van der Waals surface area contributed by atoms with Gasteiger partial charge in [-0.3, -0.25) is 0 Å². The molecule has 3 aromatic rings. The molecule has 0 fully saturated rings. The second-order valence-electron chi connectivity index (χ2n) is 6.25. The van der Waals surface area contributed by atoms with Gasteiger partial charge in [-0.1, -0.05) is 35.9 Å². The van der Waals surface area contributed by atoms with Gasteiger partial charge in [-0.25, -0.2) is 9.78 Å². The van der Waals surface area contributed by atoms with Crippen LogP contribution >= 0.6 is 11.6 Å². The van der Waals surface area contributed by atoms with Crippen LogP contribution in [0.25, 0.3) is 5.57 Å². The van der Waals surface area contributed by atoms with E-state index in [2.05, 4.69) is 27.4 Å². The summed E-state index contributed by atoms with van der Waals surface area (Å²) in [5.41, 5.74) is 5.09. The van der Waals surface area contributed by atoms with Gasteiger partial charge in [-0.15, -0.1) is 0 Å². The minimum atomic E-state index is -1.02. The Balaban J connectivity index is 1.85. The lowest BCUT2D eigenvalue weighted by Crippen LogP contribution is -2.51. The first-order valence-electron chi connectivity index (χ1n) is 8.25. The third-order valence-corrected chi connectivity index (χ3v) is 4.89. The maximum Gasteiger partial charge on any atom is 0.354 e. The molecule has 3 heterocycles. The number of hydrogen-bond donors (Lipinski definition) is 1. The standard InChI is InChI=1S/C21H15ClN2O2/c1-13-10-19-16(11-15-8-5-9-18(23-15)21(25)26)20(24(19)12-17(13)22)14-6-3-2-4-7-14/h2-10,12H,11H2,1H3/p+1. The molecule has 1 aliphatic heterocycles. The van der Waals surface area contributed by atoms with Crippen LogP contribution in [0.2, 0.25) is 5.02 Å². The molecular weight excluding hydrogens is 348 g/mol. The molecule has 0 saturated heterocycles. The van der Waals surface area contributed by atoms with E-state index in [1.807, 2.05) is 37.4 Å². The summed E-state index contributed by atoms with van der Waals surface area (Å²) < 4.78 is 2.08. The predicted molar refractivity (Wildman–Crippen MR) is 98.5 cm³/mol. The van der Waals surface area contributed by atoms with Crippen LogP contribution in [0, 0.1) is 12.6 Å². The molecule has 0 aliphatic carbocycles. The van der Waals surface area contributed by atoms with Crippen LogP contribution in [0.4, 0.5) is 0 Å². The smallest absolute Gasteiger partial charge is 0.354 e. The highest BCUT2D eigenvalue weighted by atomic mass is 35.5. The second-order valence-corrected chi connectivity index (χ2v) is 6.66. The van der Waals surface area contributed by atoms with Crippen LogP contribution in [0.3, 0.4) is 0 Å². The number of halogens is 1. The van der Waals surface area contributed by atoms with Crippen molar-refractivity contribution in [1.82, 2.24) is 4.98 Å². The number of aromatic nitrogens is 2. The van der Waals surface area contributed by atoms with Gasteiger partial charge in [0.2, 0.25) is 11.1 Å². The number of carboxylic acids is 1. The van der Waals surface area contributed by atoms with E-state index in [0.29, 0.717) is 11.4 Å². The second kappa shape index (κ2) is 6.39. The maximum atomic E-state index is 11.2. The Labute approximate surface area is 155 Å². The number of aromatic carboxylic acids is 1. The fourth-order valence-electron chi connectivity index (χ4n) is 3.22. The van der Waals surface area contributed by atoms with Gasteiger partial charge in [0.05, 0.1) is 0 Å². The number of pyridine rings is 2. The molecule has 1 aromatic carbocycles. The topological polar surface area (TPSA) is 56.1 Å². The Bertz CT molecular complexity index is 1150. The van der Waals surface area contributed by atoms with E-state index in [1.165, 1.54) is 6.07 Å². The SMILES string of the molecule is Cc1cc2[n+](cc1Cl)=C(c1ccccc1)C=2Cc1cccc(C(=O)O)n1. The van der Waals surface area contributed by atoms with Crippen LogP contribution in [0.15, 0.2) is 60.8 Å². The van der Waals surface area contributed by atoms with E-state index in [1.54, 1.807) is 6.07 Å². The highest BCUT2D eigenvalue weighted by Crippen LogP contribution is 2.23. The lowest BCUT2D eigenvalue weighted by Gasteiger charge is -2.13. The van der Waals surface area contributed by atoms with Gasteiger partial charge in [0.25, 0.3) is 0 Å². The largest absolute Gasteiger partial charge is 0.477 e. The highest BCUT2D eigenvalue weighted by molar-refractivity contribution is 6.31. The van der Waals surface area contributed by atoms with E-state index in [0.717, 1.165) is 33.5 Å². The van der Waals surface area contributed by atoms with Gasteiger partial charge in [-0.05, 0) is 36.8 Å². The molecule has 2 aromatic heterocycles. The van der Waals surface area contributed by atoms with Gasteiger partial charge < -0.3 is 5.11 Å². The number of hydrogen-bond acceptors (Lipinski definition) is 2. The summed E-state index contributed by atoms with van der Waals surface area (Å²) in [5, 5.41) is 11.0. The van der Waals surface area contributed by atoms with E-state index in [4.69, 9.17) is 11.6 Å². The summed E-state index contributed by atoms with van der Waals surface area (Å²) in [4.78, 5) is 15.5. The molecule has 1 aliphatic rings. The van der Waals surface area contributed by atoms with Gasteiger partial charge in [0, 0.05) is 23.7 Å². The number of rotatable bonds is 4. The van der Waals surface area contributed by atoms with Crippen molar-refractivity contribution in [2.45, 2.75) is 13.3 Å². The fourth-order valence-corrected chi connectivity index (χ4v) is 3.37. The Kier molecular flexibility index (Phi) is 4.05. The molecule has 0 unspecified atom stereocenters. The van der Waals surface area contributed by atoms with Gasteiger partial charge in [0.15, 0.2) is 6.20 Å². The molecule has 5 heteroatoms.